The van der Waals surface area contributed by atoms with E-state index in [1.165, 1.54) is 0 Å². The SMILES string of the molecule is CC(O)COC(C)CO.CCC(O)OC(O)CC. The highest BCUT2D eigenvalue weighted by atomic mass is 16.7. The van der Waals surface area contributed by atoms with Crippen LogP contribution in [0, 0.1) is 0 Å². The fourth-order valence-electron chi connectivity index (χ4n) is 0.730. The molecule has 0 saturated heterocycles. The number of ether oxygens (including phenoxy) is 2. The van der Waals surface area contributed by atoms with E-state index >= 15 is 0 Å². The topological polar surface area (TPSA) is 99.4 Å². The Balaban J connectivity index is 0. The van der Waals surface area contributed by atoms with Gasteiger partial charge in [-0.1, -0.05) is 13.8 Å². The van der Waals surface area contributed by atoms with Gasteiger partial charge >= 0.3 is 0 Å². The number of hydrogen-bond donors (Lipinski definition) is 4. The van der Waals surface area contributed by atoms with Gasteiger partial charge in [-0.25, -0.2) is 0 Å². The minimum atomic E-state index is -0.819. The molecule has 0 amide bonds. The molecule has 4 atom stereocenters. The van der Waals surface area contributed by atoms with Crippen LogP contribution in [0.25, 0.3) is 0 Å². The minimum Gasteiger partial charge on any atom is -0.394 e. The second-order valence-corrected chi connectivity index (χ2v) is 4.04. The average Bonchev–Trinajstić information content (AvgIpc) is 2.36. The first kappa shape index (κ1) is 20.1. The molecule has 0 bridgehead atoms. The summed E-state index contributed by atoms with van der Waals surface area (Å²) < 4.78 is 9.61. The predicted molar refractivity (Wildman–Crippen MR) is 67.9 cm³/mol. The standard InChI is InChI=1S/2C6H14O3/c1-5(8)4-9-6(2)3-7;1-3-5(7)9-6(8)4-2/h2*5-8H,3-4H2,1-2H3. The van der Waals surface area contributed by atoms with Crippen LogP contribution < -0.4 is 0 Å². The van der Waals surface area contributed by atoms with Gasteiger partial charge in [-0.3, -0.25) is 0 Å². The summed E-state index contributed by atoms with van der Waals surface area (Å²) in [5.74, 6) is 0. The lowest BCUT2D eigenvalue weighted by molar-refractivity contribution is -0.208. The third kappa shape index (κ3) is 15.8. The smallest absolute Gasteiger partial charge is 0.157 e. The molecule has 0 spiro atoms. The highest BCUT2D eigenvalue weighted by Crippen LogP contribution is 1.99. The van der Waals surface area contributed by atoms with Gasteiger partial charge in [0.05, 0.1) is 25.4 Å². The van der Waals surface area contributed by atoms with E-state index in [0.29, 0.717) is 19.4 Å². The zero-order chi connectivity index (χ0) is 14.6. The van der Waals surface area contributed by atoms with Crippen LogP contribution in [0.15, 0.2) is 0 Å². The van der Waals surface area contributed by atoms with Gasteiger partial charge in [0.1, 0.15) is 0 Å². The summed E-state index contributed by atoms with van der Waals surface area (Å²) in [4.78, 5) is 0. The van der Waals surface area contributed by atoms with Gasteiger partial charge in [-0.15, -0.1) is 0 Å². The molecule has 4 N–H and O–H groups in total. The fraction of sp³-hybridized carbons (Fsp3) is 1.00. The van der Waals surface area contributed by atoms with Gasteiger partial charge in [0.15, 0.2) is 12.6 Å². The second-order valence-electron chi connectivity index (χ2n) is 4.04. The number of aliphatic hydroxyl groups is 4. The van der Waals surface area contributed by atoms with E-state index in [9.17, 15) is 0 Å². The fourth-order valence-corrected chi connectivity index (χ4v) is 0.730. The lowest BCUT2D eigenvalue weighted by Gasteiger charge is -2.13. The van der Waals surface area contributed by atoms with Crippen LogP contribution in [0.3, 0.4) is 0 Å². The van der Waals surface area contributed by atoms with Gasteiger partial charge in [0.25, 0.3) is 0 Å². The Morgan fingerprint density at radius 3 is 1.67 bits per heavy atom. The van der Waals surface area contributed by atoms with E-state index in [2.05, 4.69) is 4.74 Å². The quantitative estimate of drug-likeness (QED) is 0.470. The molecule has 0 rings (SSSR count). The molecule has 112 valence electrons. The van der Waals surface area contributed by atoms with Crippen molar-refractivity contribution in [2.75, 3.05) is 13.2 Å². The first-order chi connectivity index (χ1) is 8.37. The molecular formula is C12H28O6. The minimum absolute atomic E-state index is 0.00667. The summed E-state index contributed by atoms with van der Waals surface area (Å²) in [5.41, 5.74) is 0. The Labute approximate surface area is 109 Å². The molecule has 18 heavy (non-hydrogen) atoms. The maximum Gasteiger partial charge on any atom is 0.157 e. The Kier molecular flexibility index (Phi) is 14.7. The molecule has 0 aromatic carbocycles. The van der Waals surface area contributed by atoms with Crippen LogP contribution in [-0.2, 0) is 9.47 Å². The molecule has 0 fully saturated rings. The van der Waals surface area contributed by atoms with Crippen LogP contribution in [0.2, 0.25) is 0 Å². The maximum atomic E-state index is 8.78. The van der Waals surface area contributed by atoms with Gasteiger partial charge in [0.2, 0.25) is 0 Å². The van der Waals surface area contributed by atoms with Crippen molar-refractivity contribution in [3.05, 3.63) is 0 Å². The van der Waals surface area contributed by atoms with Crippen LogP contribution >= 0.6 is 0 Å². The van der Waals surface area contributed by atoms with Gasteiger partial charge < -0.3 is 29.9 Å². The van der Waals surface area contributed by atoms with E-state index in [0.717, 1.165) is 0 Å². The summed E-state index contributed by atoms with van der Waals surface area (Å²) in [5, 5.41) is 34.7. The molecule has 0 saturated carbocycles. The molecule has 0 aromatic rings. The summed E-state index contributed by atoms with van der Waals surface area (Å²) in [6.45, 7) is 7.26. The van der Waals surface area contributed by atoms with E-state index in [1.54, 1.807) is 27.7 Å². The number of hydrogen-bond acceptors (Lipinski definition) is 6. The molecule has 6 nitrogen and oxygen atoms in total. The maximum absolute atomic E-state index is 8.78. The number of rotatable bonds is 8. The van der Waals surface area contributed by atoms with Crippen molar-refractivity contribution in [1.29, 1.82) is 0 Å². The predicted octanol–water partition coefficient (Wildman–Crippen LogP) is 0.224. The van der Waals surface area contributed by atoms with Crippen molar-refractivity contribution in [2.45, 2.75) is 65.3 Å². The Bertz CT molecular complexity index is 157. The van der Waals surface area contributed by atoms with Gasteiger partial charge in [0, 0.05) is 0 Å². The Hall–Kier alpha value is -0.240. The lowest BCUT2D eigenvalue weighted by Crippen LogP contribution is -2.19. The van der Waals surface area contributed by atoms with Crippen molar-refractivity contribution in [1.82, 2.24) is 0 Å². The normalized spacial score (nSPS) is 17.3. The molecule has 0 aliphatic heterocycles. The average molecular weight is 268 g/mol. The highest BCUT2D eigenvalue weighted by molar-refractivity contribution is 4.47. The molecule has 4 unspecified atom stereocenters. The van der Waals surface area contributed by atoms with Crippen molar-refractivity contribution < 1.29 is 29.9 Å². The van der Waals surface area contributed by atoms with Crippen LogP contribution in [-0.4, -0.2) is 58.4 Å². The highest BCUT2D eigenvalue weighted by Gasteiger charge is 2.05. The van der Waals surface area contributed by atoms with Crippen molar-refractivity contribution >= 4 is 0 Å². The van der Waals surface area contributed by atoms with E-state index in [1.807, 2.05) is 0 Å². The van der Waals surface area contributed by atoms with Gasteiger partial charge in [-0.2, -0.15) is 0 Å². The molecule has 6 heteroatoms. The third-order valence-corrected chi connectivity index (χ3v) is 1.89. The lowest BCUT2D eigenvalue weighted by atomic mass is 10.4. The van der Waals surface area contributed by atoms with Crippen molar-refractivity contribution in [3.8, 4) is 0 Å². The zero-order valence-electron chi connectivity index (χ0n) is 11.7. The molecule has 0 heterocycles. The van der Waals surface area contributed by atoms with E-state index in [4.69, 9.17) is 25.2 Å². The summed E-state index contributed by atoms with van der Waals surface area (Å²) >= 11 is 0. The van der Waals surface area contributed by atoms with Crippen molar-refractivity contribution in [3.63, 3.8) is 0 Å². The summed E-state index contributed by atoms with van der Waals surface area (Å²) in [6, 6.07) is 0. The summed E-state index contributed by atoms with van der Waals surface area (Å²) in [7, 11) is 0. The first-order valence-corrected chi connectivity index (χ1v) is 6.29. The Morgan fingerprint density at radius 1 is 0.944 bits per heavy atom. The number of aliphatic hydroxyl groups excluding tert-OH is 4. The zero-order valence-corrected chi connectivity index (χ0v) is 11.7. The molecule has 0 aliphatic rings. The first-order valence-electron chi connectivity index (χ1n) is 6.29. The monoisotopic (exact) mass is 268 g/mol. The van der Waals surface area contributed by atoms with Crippen LogP contribution in [0.4, 0.5) is 0 Å². The van der Waals surface area contributed by atoms with E-state index in [-0.39, 0.29) is 12.7 Å². The van der Waals surface area contributed by atoms with Gasteiger partial charge in [-0.05, 0) is 26.7 Å². The largest absolute Gasteiger partial charge is 0.394 e. The molecule has 0 aromatic heterocycles. The van der Waals surface area contributed by atoms with Crippen LogP contribution in [0.5, 0.6) is 0 Å². The van der Waals surface area contributed by atoms with Crippen LogP contribution in [0.1, 0.15) is 40.5 Å². The Morgan fingerprint density at radius 2 is 1.39 bits per heavy atom. The third-order valence-electron chi connectivity index (χ3n) is 1.89. The van der Waals surface area contributed by atoms with E-state index < -0.39 is 18.7 Å². The van der Waals surface area contributed by atoms with Crippen molar-refractivity contribution in [2.24, 2.45) is 0 Å². The molecular weight excluding hydrogens is 240 g/mol. The summed E-state index contributed by atoms with van der Waals surface area (Å²) in [6.07, 6.45) is -1.23. The molecule has 0 radical (unpaired) electrons. The second kappa shape index (κ2) is 13.2. The molecule has 0 aliphatic carbocycles.